The summed E-state index contributed by atoms with van der Waals surface area (Å²) in [4.78, 5) is 17.0. The van der Waals surface area contributed by atoms with E-state index in [1.807, 2.05) is 0 Å². The average molecular weight is 319 g/mol. The van der Waals surface area contributed by atoms with Crippen molar-refractivity contribution >= 4 is 21.6 Å². The van der Waals surface area contributed by atoms with Gasteiger partial charge < -0.3 is 4.90 Å². The Bertz CT molecular complexity index is 741. The van der Waals surface area contributed by atoms with Crippen molar-refractivity contribution in [2.45, 2.75) is 11.3 Å². The Kier molecular flexibility index (Phi) is 4.77. The first-order valence-corrected chi connectivity index (χ1v) is 8.09. The number of hydrogen-bond donors (Lipinski definition) is 1. The average Bonchev–Trinajstić information content (AvgIpc) is 2.50. The highest BCUT2D eigenvalue weighted by Gasteiger charge is 2.14. The molecule has 0 saturated heterocycles. The van der Waals surface area contributed by atoms with Crippen molar-refractivity contribution in [1.82, 2.24) is 9.88 Å². The molecule has 1 aromatic carbocycles. The van der Waals surface area contributed by atoms with Crippen molar-refractivity contribution in [3.8, 4) is 0 Å². The molecule has 0 unspecified atom stereocenters. The summed E-state index contributed by atoms with van der Waals surface area (Å²) < 4.78 is 26.8. The topological polar surface area (TPSA) is 79.4 Å². The van der Waals surface area contributed by atoms with E-state index in [0.29, 0.717) is 5.69 Å². The molecule has 0 saturated carbocycles. The fraction of sp³-hybridized carbons (Fsp3) is 0.200. The number of carbonyl (C=O) groups is 1. The quantitative estimate of drug-likeness (QED) is 0.906. The van der Waals surface area contributed by atoms with E-state index in [1.54, 1.807) is 44.4 Å². The molecular formula is C15H17N3O3S. The van der Waals surface area contributed by atoms with Gasteiger partial charge in [-0.2, -0.15) is 0 Å². The SMILES string of the molecule is CN(C)C(=O)Cc1ccc(NS(=O)(=O)c2cccnc2)cc1. The highest BCUT2D eigenvalue weighted by Crippen LogP contribution is 2.16. The van der Waals surface area contributed by atoms with Crippen molar-refractivity contribution in [2.24, 2.45) is 0 Å². The first-order valence-electron chi connectivity index (χ1n) is 6.60. The normalized spacial score (nSPS) is 11.0. The molecule has 116 valence electrons. The number of likely N-dealkylation sites (N-methyl/N-ethyl adjacent to an activating group) is 1. The summed E-state index contributed by atoms with van der Waals surface area (Å²) >= 11 is 0. The van der Waals surface area contributed by atoms with E-state index in [9.17, 15) is 13.2 Å². The monoisotopic (exact) mass is 319 g/mol. The number of nitrogens with zero attached hydrogens (tertiary/aromatic N) is 2. The molecule has 0 aliphatic heterocycles. The zero-order chi connectivity index (χ0) is 16.2. The fourth-order valence-electron chi connectivity index (χ4n) is 1.74. The third kappa shape index (κ3) is 4.05. The number of pyridine rings is 1. The van der Waals surface area contributed by atoms with Gasteiger partial charge in [0.2, 0.25) is 5.91 Å². The maximum Gasteiger partial charge on any atom is 0.263 e. The largest absolute Gasteiger partial charge is 0.349 e. The summed E-state index contributed by atoms with van der Waals surface area (Å²) in [6.07, 6.45) is 3.07. The van der Waals surface area contributed by atoms with Crippen LogP contribution in [0.4, 0.5) is 5.69 Å². The molecule has 7 heteroatoms. The van der Waals surface area contributed by atoms with E-state index >= 15 is 0 Å². The van der Waals surface area contributed by atoms with Crippen LogP contribution in [0.1, 0.15) is 5.56 Å². The number of rotatable bonds is 5. The molecule has 0 aliphatic rings. The Balaban J connectivity index is 2.10. The molecule has 0 radical (unpaired) electrons. The van der Waals surface area contributed by atoms with E-state index in [-0.39, 0.29) is 17.2 Å². The van der Waals surface area contributed by atoms with Gasteiger partial charge in [-0.05, 0) is 29.8 Å². The Labute approximate surface area is 129 Å². The second-order valence-corrected chi connectivity index (χ2v) is 6.64. The van der Waals surface area contributed by atoms with Gasteiger partial charge >= 0.3 is 0 Å². The molecular weight excluding hydrogens is 302 g/mol. The third-order valence-corrected chi connectivity index (χ3v) is 4.37. The smallest absolute Gasteiger partial charge is 0.263 e. The van der Waals surface area contributed by atoms with E-state index in [1.165, 1.54) is 23.4 Å². The van der Waals surface area contributed by atoms with Crippen molar-refractivity contribution < 1.29 is 13.2 Å². The number of benzene rings is 1. The molecule has 1 N–H and O–H groups in total. The number of sulfonamides is 1. The molecule has 0 bridgehead atoms. The van der Waals surface area contributed by atoms with Gasteiger partial charge in [0.25, 0.3) is 10.0 Å². The summed E-state index contributed by atoms with van der Waals surface area (Å²) in [6.45, 7) is 0. The molecule has 22 heavy (non-hydrogen) atoms. The van der Waals surface area contributed by atoms with Gasteiger partial charge in [0.1, 0.15) is 4.90 Å². The number of aromatic nitrogens is 1. The van der Waals surface area contributed by atoms with Crippen LogP contribution in [0, 0.1) is 0 Å². The number of hydrogen-bond acceptors (Lipinski definition) is 4. The van der Waals surface area contributed by atoms with Crippen LogP contribution >= 0.6 is 0 Å². The van der Waals surface area contributed by atoms with Gasteiger partial charge in [0, 0.05) is 32.2 Å². The second kappa shape index (κ2) is 6.57. The lowest BCUT2D eigenvalue weighted by Crippen LogP contribution is -2.23. The summed E-state index contributed by atoms with van der Waals surface area (Å²) in [7, 11) is -0.264. The van der Waals surface area contributed by atoms with Crippen LogP contribution in [0.2, 0.25) is 0 Å². The van der Waals surface area contributed by atoms with Crippen LogP contribution in [-0.4, -0.2) is 38.3 Å². The van der Waals surface area contributed by atoms with Gasteiger partial charge in [-0.25, -0.2) is 8.42 Å². The maximum atomic E-state index is 12.1. The standard InChI is InChI=1S/C15H17N3O3S/c1-18(2)15(19)10-12-5-7-13(8-6-12)17-22(20,21)14-4-3-9-16-11-14/h3-9,11,17H,10H2,1-2H3. The molecule has 2 aromatic rings. The second-order valence-electron chi connectivity index (χ2n) is 4.96. The van der Waals surface area contributed by atoms with Crippen molar-refractivity contribution in [1.29, 1.82) is 0 Å². The molecule has 0 spiro atoms. The maximum absolute atomic E-state index is 12.1. The Morgan fingerprint density at radius 1 is 1.18 bits per heavy atom. The first kappa shape index (κ1) is 16.0. The fourth-order valence-corrected chi connectivity index (χ4v) is 2.77. The van der Waals surface area contributed by atoms with Crippen molar-refractivity contribution in [3.05, 3.63) is 54.4 Å². The Hall–Kier alpha value is -2.41. The van der Waals surface area contributed by atoms with Gasteiger partial charge in [-0.15, -0.1) is 0 Å². The van der Waals surface area contributed by atoms with E-state index < -0.39 is 10.0 Å². The van der Waals surface area contributed by atoms with Crippen LogP contribution in [0.3, 0.4) is 0 Å². The molecule has 2 rings (SSSR count). The van der Waals surface area contributed by atoms with Gasteiger partial charge in [0.15, 0.2) is 0 Å². The zero-order valence-electron chi connectivity index (χ0n) is 12.4. The molecule has 0 atom stereocenters. The predicted molar refractivity (Wildman–Crippen MR) is 83.9 cm³/mol. The lowest BCUT2D eigenvalue weighted by molar-refractivity contribution is -0.127. The van der Waals surface area contributed by atoms with Crippen LogP contribution in [0.5, 0.6) is 0 Å². The van der Waals surface area contributed by atoms with Gasteiger partial charge in [-0.1, -0.05) is 12.1 Å². The first-order chi connectivity index (χ1) is 10.4. The number of carbonyl (C=O) groups excluding carboxylic acids is 1. The van der Waals surface area contributed by atoms with Gasteiger partial charge in [0.05, 0.1) is 6.42 Å². The van der Waals surface area contributed by atoms with E-state index in [2.05, 4.69) is 9.71 Å². The van der Waals surface area contributed by atoms with Gasteiger partial charge in [-0.3, -0.25) is 14.5 Å². The molecule has 1 heterocycles. The minimum Gasteiger partial charge on any atom is -0.349 e. The number of amides is 1. The predicted octanol–water partition coefficient (Wildman–Crippen LogP) is 1.51. The van der Waals surface area contributed by atoms with Crippen LogP contribution < -0.4 is 4.72 Å². The minimum atomic E-state index is -3.65. The van der Waals surface area contributed by atoms with E-state index in [4.69, 9.17) is 0 Å². The molecule has 6 nitrogen and oxygen atoms in total. The molecule has 0 aliphatic carbocycles. The van der Waals surface area contributed by atoms with Crippen LogP contribution in [-0.2, 0) is 21.2 Å². The number of anilines is 1. The summed E-state index contributed by atoms with van der Waals surface area (Å²) in [5, 5.41) is 0. The highest BCUT2D eigenvalue weighted by atomic mass is 32.2. The summed E-state index contributed by atoms with van der Waals surface area (Å²) in [5.41, 5.74) is 1.26. The minimum absolute atomic E-state index is 0.0105. The molecule has 0 fully saturated rings. The van der Waals surface area contributed by atoms with Crippen LogP contribution in [0.15, 0.2) is 53.7 Å². The Morgan fingerprint density at radius 3 is 2.41 bits per heavy atom. The van der Waals surface area contributed by atoms with Crippen molar-refractivity contribution in [2.75, 3.05) is 18.8 Å². The molecule has 1 amide bonds. The summed E-state index contributed by atoms with van der Waals surface area (Å²) in [6, 6.07) is 9.74. The third-order valence-electron chi connectivity index (χ3n) is 3.01. The van der Waals surface area contributed by atoms with Crippen LogP contribution in [0.25, 0.3) is 0 Å². The summed E-state index contributed by atoms with van der Waals surface area (Å²) in [5.74, 6) is -0.0105. The molecule has 1 aromatic heterocycles. The number of nitrogens with one attached hydrogen (secondary N) is 1. The lowest BCUT2D eigenvalue weighted by Gasteiger charge is -2.11. The Morgan fingerprint density at radius 2 is 1.86 bits per heavy atom. The zero-order valence-corrected chi connectivity index (χ0v) is 13.2. The highest BCUT2D eigenvalue weighted by molar-refractivity contribution is 7.92. The van der Waals surface area contributed by atoms with Crippen molar-refractivity contribution in [3.63, 3.8) is 0 Å². The lowest BCUT2D eigenvalue weighted by atomic mass is 10.1. The van der Waals surface area contributed by atoms with E-state index in [0.717, 1.165) is 5.56 Å².